The number of aliphatic hydroxyl groups excluding tert-OH is 2. The molecular formula is C23H26ClFN4O6S. The molecule has 3 rings (SSSR count). The fraction of sp³-hybridized carbons (Fsp3) is 0.304. The highest BCUT2D eigenvalue weighted by Gasteiger charge is 2.21. The maximum absolute atomic E-state index is 14.7. The summed E-state index contributed by atoms with van der Waals surface area (Å²) in [5.74, 6) is -1.69. The van der Waals surface area contributed by atoms with Crippen LogP contribution in [-0.2, 0) is 16.6 Å². The SMILES string of the molecule is O=C(NCc1ccc(Cl)cc1)c1c[nH]c2c(F)cc(S(=O)(=O)NCCN(CCO)CCO)cc2c1=O. The molecule has 0 radical (unpaired) electrons. The van der Waals surface area contributed by atoms with E-state index in [-0.39, 0.29) is 62.4 Å². The zero-order valence-corrected chi connectivity index (χ0v) is 20.7. The second-order valence-electron chi connectivity index (χ2n) is 7.85. The molecule has 0 unspecified atom stereocenters. The van der Waals surface area contributed by atoms with Gasteiger partial charge >= 0.3 is 0 Å². The number of hydrogen-bond acceptors (Lipinski definition) is 7. The van der Waals surface area contributed by atoms with E-state index in [1.807, 2.05) is 0 Å². The first-order chi connectivity index (χ1) is 17.2. The van der Waals surface area contributed by atoms with Gasteiger partial charge in [-0.15, -0.1) is 0 Å². The Morgan fingerprint density at radius 3 is 2.39 bits per heavy atom. The third kappa shape index (κ3) is 6.87. The highest BCUT2D eigenvalue weighted by molar-refractivity contribution is 7.89. The average molecular weight is 541 g/mol. The van der Waals surface area contributed by atoms with E-state index in [2.05, 4.69) is 15.0 Å². The van der Waals surface area contributed by atoms with E-state index in [1.54, 1.807) is 29.2 Å². The fourth-order valence-electron chi connectivity index (χ4n) is 3.51. The number of carbonyl (C=O) groups excluding carboxylic acids is 1. The summed E-state index contributed by atoms with van der Waals surface area (Å²) in [4.78, 5) is 29.3. The van der Waals surface area contributed by atoms with Gasteiger partial charge in [-0.2, -0.15) is 0 Å². The normalized spacial score (nSPS) is 11.8. The Labute approximate surface area is 211 Å². The van der Waals surface area contributed by atoms with Gasteiger partial charge in [-0.25, -0.2) is 17.5 Å². The van der Waals surface area contributed by atoms with Gasteiger partial charge < -0.3 is 20.5 Å². The van der Waals surface area contributed by atoms with Crippen molar-refractivity contribution in [2.45, 2.75) is 11.4 Å². The Balaban J connectivity index is 1.81. The minimum Gasteiger partial charge on any atom is -0.395 e. The Kier molecular flexibility index (Phi) is 9.54. The summed E-state index contributed by atoms with van der Waals surface area (Å²) in [6.07, 6.45) is 1.08. The summed E-state index contributed by atoms with van der Waals surface area (Å²) in [6, 6.07) is 8.51. The fourth-order valence-corrected chi connectivity index (χ4v) is 4.69. The van der Waals surface area contributed by atoms with Crippen molar-refractivity contribution in [3.8, 4) is 0 Å². The third-order valence-corrected chi connectivity index (χ3v) is 7.08. The van der Waals surface area contributed by atoms with Crippen molar-refractivity contribution in [1.29, 1.82) is 0 Å². The number of fused-ring (bicyclic) bond motifs is 1. The highest BCUT2D eigenvalue weighted by Crippen LogP contribution is 2.19. The number of rotatable bonds is 12. The molecule has 5 N–H and O–H groups in total. The molecule has 2 aromatic carbocycles. The summed E-state index contributed by atoms with van der Waals surface area (Å²) in [5.41, 5.74) is -0.621. The van der Waals surface area contributed by atoms with Gasteiger partial charge in [0, 0.05) is 43.9 Å². The largest absolute Gasteiger partial charge is 0.395 e. The van der Waals surface area contributed by atoms with E-state index in [4.69, 9.17) is 21.8 Å². The van der Waals surface area contributed by atoms with Crippen molar-refractivity contribution in [1.82, 2.24) is 19.9 Å². The first-order valence-electron chi connectivity index (χ1n) is 11.0. The predicted molar refractivity (Wildman–Crippen MR) is 133 cm³/mol. The lowest BCUT2D eigenvalue weighted by atomic mass is 10.1. The number of halogens is 2. The molecule has 0 aliphatic heterocycles. The molecule has 13 heteroatoms. The molecule has 194 valence electrons. The lowest BCUT2D eigenvalue weighted by Crippen LogP contribution is -2.37. The van der Waals surface area contributed by atoms with E-state index >= 15 is 0 Å². The topological polar surface area (TPSA) is 152 Å². The van der Waals surface area contributed by atoms with E-state index in [1.165, 1.54) is 0 Å². The maximum Gasteiger partial charge on any atom is 0.257 e. The molecule has 3 aromatic rings. The van der Waals surface area contributed by atoms with Gasteiger partial charge in [0.1, 0.15) is 11.4 Å². The number of amides is 1. The Hall–Kier alpha value is -2.87. The number of nitrogens with one attached hydrogen (secondary N) is 3. The van der Waals surface area contributed by atoms with E-state index in [0.29, 0.717) is 5.02 Å². The van der Waals surface area contributed by atoms with Crippen LogP contribution < -0.4 is 15.5 Å². The van der Waals surface area contributed by atoms with Gasteiger partial charge in [0.15, 0.2) is 0 Å². The number of aromatic nitrogens is 1. The van der Waals surface area contributed by atoms with Gasteiger partial charge in [0.2, 0.25) is 15.5 Å². The zero-order valence-electron chi connectivity index (χ0n) is 19.1. The minimum atomic E-state index is -4.21. The molecule has 0 bridgehead atoms. The highest BCUT2D eigenvalue weighted by atomic mass is 35.5. The van der Waals surface area contributed by atoms with Gasteiger partial charge in [-0.1, -0.05) is 23.7 Å². The third-order valence-electron chi connectivity index (χ3n) is 5.39. The molecule has 0 saturated heterocycles. The standard InChI is InChI=1S/C23H26ClFN4O6S/c24-16-3-1-15(2-4-16)13-27-23(33)19-14-26-21-18(22(19)32)11-17(12-20(21)25)36(34,35)28-5-6-29(7-9-30)8-10-31/h1-4,11-12,14,28,30-31H,5-10,13H2,(H,26,32)(H,27,33). The lowest BCUT2D eigenvalue weighted by molar-refractivity contribution is 0.0949. The number of sulfonamides is 1. The molecule has 0 aliphatic carbocycles. The van der Waals surface area contributed by atoms with Crippen molar-refractivity contribution < 1.29 is 27.8 Å². The number of H-pyrrole nitrogens is 1. The number of aromatic amines is 1. The second-order valence-corrected chi connectivity index (χ2v) is 10.1. The Bertz CT molecular complexity index is 1380. The van der Waals surface area contributed by atoms with Crippen molar-refractivity contribution >= 4 is 38.4 Å². The number of carbonyl (C=O) groups is 1. The van der Waals surface area contributed by atoms with Crippen LogP contribution in [0.15, 0.2) is 52.3 Å². The molecule has 0 spiro atoms. The van der Waals surface area contributed by atoms with Crippen LogP contribution in [0.4, 0.5) is 4.39 Å². The van der Waals surface area contributed by atoms with E-state index < -0.39 is 32.1 Å². The van der Waals surface area contributed by atoms with Crippen molar-refractivity contribution in [2.24, 2.45) is 0 Å². The van der Waals surface area contributed by atoms with Crippen LogP contribution in [-0.4, -0.2) is 73.8 Å². The summed E-state index contributed by atoms with van der Waals surface area (Å²) >= 11 is 5.84. The molecule has 1 amide bonds. The van der Waals surface area contributed by atoms with Crippen LogP contribution in [0, 0.1) is 5.82 Å². The molecule has 0 fully saturated rings. The van der Waals surface area contributed by atoms with Crippen LogP contribution in [0.1, 0.15) is 15.9 Å². The van der Waals surface area contributed by atoms with E-state index in [9.17, 15) is 22.4 Å². The molecule has 0 aliphatic rings. The number of hydrogen-bond donors (Lipinski definition) is 5. The monoisotopic (exact) mass is 540 g/mol. The summed E-state index contributed by atoms with van der Waals surface area (Å²) in [5, 5.41) is 20.9. The van der Waals surface area contributed by atoms with Crippen LogP contribution in [0.25, 0.3) is 10.9 Å². The van der Waals surface area contributed by atoms with Gasteiger partial charge in [-0.3, -0.25) is 14.5 Å². The van der Waals surface area contributed by atoms with Gasteiger partial charge in [-0.05, 0) is 29.8 Å². The van der Waals surface area contributed by atoms with Gasteiger partial charge in [0.25, 0.3) is 5.91 Å². The molecule has 0 atom stereocenters. The minimum absolute atomic E-state index is 0.0779. The average Bonchev–Trinajstić information content (AvgIpc) is 2.84. The van der Waals surface area contributed by atoms with Crippen molar-refractivity contribution in [2.75, 3.05) is 39.4 Å². The smallest absolute Gasteiger partial charge is 0.257 e. The molecule has 1 aromatic heterocycles. The Morgan fingerprint density at radius 1 is 1.08 bits per heavy atom. The van der Waals surface area contributed by atoms with Crippen LogP contribution in [0.2, 0.25) is 5.02 Å². The zero-order chi connectivity index (χ0) is 26.3. The summed E-state index contributed by atoms with van der Waals surface area (Å²) in [7, 11) is -4.21. The first-order valence-corrected chi connectivity index (χ1v) is 12.8. The number of nitrogens with zero attached hydrogens (tertiary/aromatic N) is 1. The molecule has 0 saturated carbocycles. The Morgan fingerprint density at radius 2 is 1.75 bits per heavy atom. The van der Waals surface area contributed by atoms with Crippen LogP contribution >= 0.6 is 11.6 Å². The van der Waals surface area contributed by atoms with E-state index in [0.717, 1.165) is 23.9 Å². The van der Waals surface area contributed by atoms with Crippen molar-refractivity contribution in [3.05, 3.63) is 74.8 Å². The molecule has 10 nitrogen and oxygen atoms in total. The maximum atomic E-state index is 14.7. The quantitative estimate of drug-likeness (QED) is 0.228. The second kappa shape index (κ2) is 12.4. The summed E-state index contributed by atoms with van der Waals surface area (Å²) in [6.45, 7) is 0.377. The predicted octanol–water partition coefficient (Wildman–Crippen LogP) is 0.815. The molecule has 1 heterocycles. The van der Waals surface area contributed by atoms with Gasteiger partial charge in [0.05, 0.1) is 29.0 Å². The molecule has 36 heavy (non-hydrogen) atoms. The lowest BCUT2D eigenvalue weighted by Gasteiger charge is -2.20. The van der Waals surface area contributed by atoms with Crippen LogP contribution in [0.3, 0.4) is 0 Å². The number of aliphatic hydroxyl groups is 2. The number of pyridine rings is 1. The summed E-state index contributed by atoms with van der Waals surface area (Å²) < 4.78 is 42.5. The van der Waals surface area contributed by atoms with Crippen LogP contribution in [0.5, 0.6) is 0 Å². The van der Waals surface area contributed by atoms with Crippen molar-refractivity contribution in [3.63, 3.8) is 0 Å². The molecular weight excluding hydrogens is 515 g/mol. The first kappa shape index (κ1) is 27.7. The number of benzene rings is 2.